The molecule has 0 aromatic carbocycles. The van der Waals surface area contributed by atoms with E-state index < -0.39 is 47.9 Å². The highest BCUT2D eigenvalue weighted by molar-refractivity contribution is 9.12. The Hall–Kier alpha value is -2.18. The van der Waals surface area contributed by atoms with Crippen LogP contribution in [0.5, 0.6) is 0 Å². The van der Waals surface area contributed by atoms with E-state index in [0.717, 1.165) is 0 Å². The van der Waals surface area contributed by atoms with Gasteiger partial charge >= 0.3 is 5.97 Å². The van der Waals surface area contributed by atoms with E-state index in [-0.39, 0.29) is 33.4 Å². The smallest absolute Gasteiger partial charge is 0.340 e. The van der Waals surface area contributed by atoms with E-state index in [4.69, 9.17) is 23.7 Å². The third kappa shape index (κ3) is 3.91. The monoisotopic (exact) mass is 524 g/mol. The number of fused-ring (bicyclic) bond motifs is 2. The predicted molar refractivity (Wildman–Crippen MR) is 117 cm³/mol. The minimum absolute atomic E-state index is 0.0110. The number of methoxy groups -OCH3 is 2. The Labute approximate surface area is 199 Å². The van der Waals surface area contributed by atoms with Gasteiger partial charge in [-0.05, 0) is 43.6 Å². The lowest BCUT2D eigenvalue weighted by molar-refractivity contribution is -0.226. The van der Waals surface area contributed by atoms with Crippen LogP contribution in [0.15, 0.2) is 10.2 Å². The number of hydrogen-bond acceptors (Lipinski definition) is 10. The summed E-state index contributed by atoms with van der Waals surface area (Å²) in [6.07, 6.45) is -1.96. The van der Waals surface area contributed by atoms with Gasteiger partial charge in [-0.25, -0.2) is 4.79 Å². The number of aryl methyl sites for hydroxylation is 2. The molecule has 2 aliphatic heterocycles. The van der Waals surface area contributed by atoms with Crippen LogP contribution >= 0.6 is 15.9 Å². The number of rotatable bonds is 5. The molecule has 1 aromatic heterocycles. The van der Waals surface area contributed by atoms with Crippen molar-refractivity contribution in [2.45, 2.75) is 58.1 Å². The Morgan fingerprint density at radius 2 is 1.76 bits per heavy atom. The molecule has 0 radical (unpaired) electrons. The lowest BCUT2D eigenvalue weighted by Crippen LogP contribution is -2.40. The number of Topliss-reactive ketones (excluding diaryl/α,β-unsaturated/α-hetero) is 2. The molecule has 1 N–H and O–H groups in total. The van der Waals surface area contributed by atoms with Gasteiger partial charge in [-0.1, -0.05) is 0 Å². The fourth-order valence-electron chi connectivity index (χ4n) is 4.51. The van der Waals surface area contributed by atoms with Gasteiger partial charge in [0.1, 0.15) is 24.0 Å². The summed E-state index contributed by atoms with van der Waals surface area (Å²) in [7, 11) is 2.72. The first-order valence-electron chi connectivity index (χ1n) is 10.4. The van der Waals surface area contributed by atoms with Gasteiger partial charge in [0.25, 0.3) is 0 Å². The summed E-state index contributed by atoms with van der Waals surface area (Å²) in [6, 6.07) is 0. The average molecular weight is 525 g/mol. The number of halogens is 1. The zero-order chi connectivity index (χ0) is 24.2. The molecular weight excluding hydrogens is 500 g/mol. The Balaban J connectivity index is 1.64. The molecule has 1 aromatic rings. The lowest BCUT2D eigenvalue weighted by Gasteiger charge is -2.26. The molecule has 3 heterocycles. The van der Waals surface area contributed by atoms with E-state index in [1.807, 2.05) is 0 Å². The molecule has 2 saturated heterocycles. The highest BCUT2D eigenvalue weighted by Crippen LogP contribution is 2.39. The van der Waals surface area contributed by atoms with Crippen LogP contribution < -0.4 is 5.32 Å². The number of esters is 1. The number of nitrogens with zero attached hydrogens (tertiary/aromatic N) is 1. The summed E-state index contributed by atoms with van der Waals surface area (Å²) in [6.45, 7) is 6.97. The first-order valence-corrected chi connectivity index (χ1v) is 11.2. The van der Waals surface area contributed by atoms with Gasteiger partial charge in [0.2, 0.25) is 11.6 Å². The van der Waals surface area contributed by atoms with Crippen LogP contribution in [0.4, 0.5) is 0 Å². The van der Waals surface area contributed by atoms with Crippen molar-refractivity contribution in [1.82, 2.24) is 10.3 Å². The largest absolute Gasteiger partial charge is 0.465 e. The van der Waals surface area contributed by atoms with Crippen LogP contribution in [0.2, 0.25) is 0 Å². The normalized spacial score (nSPS) is 28.1. The molecule has 33 heavy (non-hydrogen) atoms. The van der Waals surface area contributed by atoms with Crippen LogP contribution in [-0.4, -0.2) is 73.7 Å². The zero-order valence-electron chi connectivity index (χ0n) is 19.1. The zero-order valence-corrected chi connectivity index (χ0v) is 20.7. The van der Waals surface area contributed by atoms with E-state index in [0.29, 0.717) is 11.4 Å². The predicted octanol–water partition coefficient (Wildman–Crippen LogP) is 1.95. The van der Waals surface area contributed by atoms with Crippen LogP contribution in [0, 0.1) is 13.8 Å². The van der Waals surface area contributed by atoms with Gasteiger partial charge in [0, 0.05) is 19.3 Å². The first-order chi connectivity index (χ1) is 15.5. The maximum Gasteiger partial charge on any atom is 0.340 e. The number of hydrogen-bond donors (Lipinski definition) is 1. The molecule has 0 bridgehead atoms. The summed E-state index contributed by atoms with van der Waals surface area (Å²) in [5, 5.41) is 3.03. The van der Waals surface area contributed by atoms with Crippen molar-refractivity contribution in [3.8, 4) is 0 Å². The molecular formula is C22H25BrN2O8. The molecule has 11 heteroatoms. The number of carbonyl (C=O) groups is 3. The molecule has 2 fully saturated rings. The second-order valence-corrected chi connectivity index (χ2v) is 9.26. The second kappa shape index (κ2) is 8.55. The Morgan fingerprint density at radius 3 is 2.39 bits per heavy atom. The quantitative estimate of drug-likeness (QED) is 0.571. The third-order valence-corrected chi connectivity index (χ3v) is 6.62. The Morgan fingerprint density at radius 1 is 1.09 bits per heavy atom. The number of ether oxygens (including phenoxy) is 5. The maximum absolute atomic E-state index is 13.4. The van der Waals surface area contributed by atoms with Crippen LogP contribution in [0.3, 0.4) is 0 Å². The molecule has 0 saturated carbocycles. The highest BCUT2D eigenvalue weighted by atomic mass is 79.9. The molecule has 0 spiro atoms. The third-order valence-electron chi connectivity index (χ3n) is 5.87. The van der Waals surface area contributed by atoms with Crippen LogP contribution in [0.1, 0.15) is 56.3 Å². The molecule has 0 amide bonds. The minimum atomic E-state index is -0.797. The van der Waals surface area contributed by atoms with Gasteiger partial charge in [-0.2, -0.15) is 0 Å². The first kappa shape index (κ1) is 24.0. The molecule has 3 aliphatic rings. The van der Waals surface area contributed by atoms with E-state index >= 15 is 0 Å². The van der Waals surface area contributed by atoms with Gasteiger partial charge in [0.05, 0.1) is 34.0 Å². The Kier molecular flexibility index (Phi) is 6.21. The minimum Gasteiger partial charge on any atom is -0.465 e. The van der Waals surface area contributed by atoms with Gasteiger partial charge < -0.3 is 29.0 Å². The number of ketones is 2. The molecule has 0 unspecified atom stereocenters. The van der Waals surface area contributed by atoms with E-state index in [2.05, 4.69) is 26.2 Å². The Bertz CT molecular complexity index is 1080. The van der Waals surface area contributed by atoms with Gasteiger partial charge in [0.15, 0.2) is 12.1 Å². The number of carbonyl (C=O) groups excluding carboxylic acids is 3. The van der Waals surface area contributed by atoms with Crippen molar-refractivity contribution in [1.29, 1.82) is 0 Å². The fraction of sp³-hybridized carbons (Fsp3) is 0.545. The van der Waals surface area contributed by atoms with Gasteiger partial charge in [-0.3, -0.25) is 14.6 Å². The summed E-state index contributed by atoms with van der Waals surface area (Å²) < 4.78 is 27.9. The number of pyridine rings is 1. The van der Waals surface area contributed by atoms with E-state index in [1.54, 1.807) is 27.7 Å². The standard InChI is InChI=1S/C22H25BrN2O8/c1-8-11-13(12(9(2)25-8)20(28)29-5)16(26)14(23)15(17(11)27)24-7-10-18-19(21(30-6)31-10)33-22(3,4)32-18/h10,18-19,21,24H,7H2,1-6H3/t10-,18-,19-,21-/m1/s1. The van der Waals surface area contributed by atoms with Crippen molar-refractivity contribution in [3.63, 3.8) is 0 Å². The summed E-state index contributed by atoms with van der Waals surface area (Å²) >= 11 is 3.25. The van der Waals surface area contributed by atoms with E-state index in [9.17, 15) is 14.4 Å². The summed E-state index contributed by atoms with van der Waals surface area (Å²) in [4.78, 5) is 43.3. The number of allylic oxidation sites excluding steroid dienone is 2. The molecule has 178 valence electrons. The van der Waals surface area contributed by atoms with Gasteiger partial charge in [-0.15, -0.1) is 0 Å². The topological polar surface area (TPSA) is 122 Å². The fourth-order valence-corrected chi connectivity index (χ4v) is 5.03. The van der Waals surface area contributed by atoms with Crippen molar-refractivity contribution in [2.75, 3.05) is 20.8 Å². The second-order valence-electron chi connectivity index (χ2n) is 8.47. The van der Waals surface area contributed by atoms with Crippen molar-refractivity contribution in [2.24, 2.45) is 0 Å². The van der Waals surface area contributed by atoms with Crippen molar-refractivity contribution >= 4 is 33.5 Å². The molecule has 4 rings (SSSR count). The molecule has 1 aliphatic carbocycles. The SMILES string of the molecule is COC(=O)c1c(C)nc(C)c2c1C(=O)C(Br)=C(NC[C@H]1O[C@@H](OC)[C@@H]3OC(C)(C)O[C@@H]31)C2=O. The van der Waals surface area contributed by atoms with Crippen molar-refractivity contribution in [3.05, 3.63) is 38.3 Å². The molecule has 10 nitrogen and oxygen atoms in total. The summed E-state index contributed by atoms with van der Waals surface area (Å²) in [5.74, 6) is -2.50. The molecule has 4 atom stereocenters. The summed E-state index contributed by atoms with van der Waals surface area (Å²) in [5.41, 5.74) is 0.748. The highest BCUT2D eigenvalue weighted by Gasteiger charge is 2.55. The number of aromatic nitrogens is 1. The van der Waals surface area contributed by atoms with E-state index in [1.165, 1.54) is 14.2 Å². The van der Waals surface area contributed by atoms with Crippen LogP contribution in [0.25, 0.3) is 0 Å². The maximum atomic E-state index is 13.4. The number of nitrogens with one attached hydrogen (secondary N) is 1. The average Bonchev–Trinajstić information content (AvgIpc) is 3.23. The van der Waals surface area contributed by atoms with Crippen molar-refractivity contribution < 1.29 is 38.1 Å². The van der Waals surface area contributed by atoms with Crippen LogP contribution in [-0.2, 0) is 23.7 Å². The lowest BCUT2D eigenvalue weighted by atomic mass is 9.87.